The topological polar surface area (TPSA) is 109 Å². The summed E-state index contributed by atoms with van der Waals surface area (Å²) in [7, 11) is 0. The molecule has 1 aromatic rings. The molecule has 1 aromatic heterocycles. The largest absolute Gasteiger partial charge is 0.381 e. The molecular weight excluding hydrogens is 160 g/mol. The van der Waals surface area contributed by atoms with Gasteiger partial charge in [0.15, 0.2) is 11.6 Å². The van der Waals surface area contributed by atoms with Crippen LogP contribution in [0.3, 0.4) is 0 Å². The van der Waals surface area contributed by atoms with Gasteiger partial charge in [0, 0.05) is 0 Å². The van der Waals surface area contributed by atoms with E-state index in [1.807, 2.05) is 0 Å². The highest BCUT2D eigenvalue weighted by atomic mass is 16.2. The fourth-order valence-electron chi connectivity index (χ4n) is 0.848. The number of nitrogens with zero attached hydrogens (tertiary/aromatic N) is 4. The Hall–Kier alpha value is -2.05. The van der Waals surface area contributed by atoms with E-state index in [0.29, 0.717) is 0 Å². The number of rotatable bonds is 1. The van der Waals surface area contributed by atoms with Crippen molar-refractivity contribution < 1.29 is 4.79 Å². The molecule has 2 heterocycles. The second-order valence-electron chi connectivity index (χ2n) is 2.09. The van der Waals surface area contributed by atoms with Gasteiger partial charge in [-0.25, -0.2) is 4.98 Å². The van der Waals surface area contributed by atoms with Crippen molar-refractivity contribution in [1.82, 2.24) is 15.2 Å². The molecule has 2 rings (SSSR count). The van der Waals surface area contributed by atoms with E-state index in [4.69, 9.17) is 5.73 Å². The van der Waals surface area contributed by atoms with Gasteiger partial charge < -0.3 is 5.73 Å². The lowest BCUT2D eigenvalue weighted by Gasteiger charge is -1.89. The van der Waals surface area contributed by atoms with E-state index in [1.54, 1.807) is 0 Å². The molecule has 7 nitrogen and oxygen atoms in total. The molecule has 60 valence electrons. The summed E-state index contributed by atoms with van der Waals surface area (Å²) in [5.41, 5.74) is 5.51. The first-order valence-corrected chi connectivity index (χ1v) is 3.11. The van der Waals surface area contributed by atoms with Crippen LogP contribution in [0.2, 0.25) is 0 Å². The van der Waals surface area contributed by atoms with Crippen molar-refractivity contribution in [2.45, 2.75) is 0 Å². The zero-order valence-corrected chi connectivity index (χ0v) is 5.85. The van der Waals surface area contributed by atoms with Gasteiger partial charge in [-0.3, -0.25) is 9.89 Å². The molecule has 1 aliphatic rings. The average Bonchev–Trinajstić information content (AvgIpc) is 2.61. The molecule has 3 N–H and O–H groups in total. The first kappa shape index (κ1) is 6.65. The van der Waals surface area contributed by atoms with E-state index in [9.17, 15) is 4.79 Å². The van der Waals surface area contributed by atoms with E-state index < -0.39 is 5.91 Å². The quantitative estimate of drug-likeness (QED) is 0.578. The predicted molar refractivity (Wildman–Crippen MR) is 37.4 cm³/mol. The Balaban J connectivity index is 2.50. The molecule has 0 aromatic carbocycles. The van der Waals surface area contributed by atoms with E-state index >= 15 is 0 Å². The molecule has 0 aliphatic carbocycles. The molecule has 1 amide bonds. The van der Waals surface area contributed by atoms with Crippen LogP contribution in [0.15, 0.2) is 22.4 Å². The number of hydrogen-bond donors (Lipinski definition) is 2. The van der Waals surface area contributed by atoms with E-state index in [0.717, 1.165) is 0 Å². The minimum Gasteiger partial charge on any atom is -0.381 e. The highest BCUT2D eigenvalue weighted by Gasteiger charge is 2.23. The summed E-state index contributed by atoms with van der Waals surface area (Å²) in [5.74, 6) is -0.228. The summed E-state index contributed by atoms with van der Waals surface area (Å²) in [4.78, 5) is 14.7. The van der Waals surface area contributed by atoms with Crippen LogP contribution in [0.1, 0.15) is 5.82 Å². The number of H-pyrrole nitrogens is 1. The normalized spacial score (nSPS) is 16.2. The number of amides is 1. The maximum Gasteiger partial charge on any atom is 0.303 e. The number of nitrogens with one attached hydrogen (secondary N) is 1. The highest BCUT2D eigenvalue weighted by Crippen LogP contribution is 2.19. The maximum absolute atomic E-state index is 11.0. The van der Waals surface area contributed by atoms with Gasteiger partial charge in [-0.2, -0.15) is 5.10 Å². The summed E-state index contributed by atoms with van der Waals surface area (Å²) in [6, 6.07) is 0. The summed E-state index contributed by atoms with van der Waals surface area (Å²) in [6.07, 6.45) is 1.35. The SMILES string of the molecule is NC1=C(c2nc[nH]n2)C(=O)N=N1. The van der Waals surface area contributed by atoms with Gasteiger partial charge in [-0.1, -0.05) is 0 Å². The number of hydrogen-bond acceptors (Lipinski definition) is 5. The van der Waals surface area contributed by atoms with Gasteiger partial charge in [0.1, 0.15) is 11.9 Å². The van der Waals surface area contributed by atoms with Gasteiger partial charge in [0.05, 0.1) is 0 Å². The fourth-order valence-corrected chi connectivity index (χ4v) is 0.848. The van der Waals surface area contributed by atoms with Gasteiger partial charge in [-0.05, 0) is 0 Å². The lowest BCUT2D eigenvalue weighted by Crippen LogP contribution is -2.02. The average molecular weight is 164 g/mol. The third-order valence-electron chi connectivity index (χ3n) is 1.36. The Bertz CT molecular complexity index is 375. The molecule has 12 heavy (non-hydrogen) atoms. The van der Waals surface area contributed by atoms with Gasteiger partial charge in [0.2, 0.25) is 0 Å². The van der Waals surface area contributed by atoms with E-state index in [2.05, 4.69) is 25.4 Å². The van der Waals surface area contributed by atoms with Crippen molar-refractivity contribution in [2.75, 3.05) is 0 Å². The molecule has 0 spiro atoms. The monoisotopic (exact) mass is 164 g/mol. The molecule has 7 heteroatoms. The number of carbonyl (C=O) groups excluding carboxylic acids is 1. The molecule has 0 unspecified atom stereocenters. The molecular formula is C5H4N6O. The second-order valence-corrected chi connectivity index (χ2v) is 2.09. The van der Waals surface area contributed by atoms with Crippen LogP contribution in [0.5, 0.6) is 0 Å². The molecule has 0 saturated carbocycles. The Kier molecular flexibility index (Phi) is 1.23. The smallest absolute Gasteiger partial charge is 0.303 e. The number of aromatic amines is 1. The van der Waals surface area contributed by atoms with E-state index in [1.165, 1.54) is 6.33 Å². The Labute approximate surface area is 66.4 Å². The van der Waals surface area contributed by atoms with Crippen LogP contribution in [-0.4, -0.2) is 21.1 Å². The first-order chi connectivity index (χ1) is 5.79. The van der Waals surface area contributed by atoms with Crippen molar-refractivity contribution in [3.8, 4) is 0 Å². The van der Waals surface area contributed by atoms with Crippen molar-refractivity contribution in [3.63, 3.8) is 0 Å². The highest BCUT2D eigenvalue weighted by molar-refractivity contribution is 6.20. The second kappa shape index (κ2) is 2.22. The van der Waals surface area contributed by atoms with Crippen LogP contribution in [0.4, 0.5) is 0 Å². The molecule has 0 fully saturated rings. The summed E-state index contributed by atoms with van der Waals surface area (Å²) >= 11 is 0. The molecule has 0 saturated heterocycles. The van der Waals surface area contributed by atoms with Crippen molar-refractivity contribution in [1.29, 1.82) is 0 Å². The standard InChI is InChI=1S/C5H4N6O/c6-3-2(5(12)11-9-3)4-7-1-8-10-4/h1H,6H2,(H,7,8,10). The maximum atomic E-state index is 11.0. The Morgan fingerprint density at radius 1 is 1.42 bits per heavy atom. The van der Waals surface area contributed by atoms with Crippen LogP contribution >= 0.6 is 0 Å². The molecule has 0 radical (unpaired) electrons. The zero-order valence-electron chi connectivity index (χ0n) is 5.85. The van der Waals surface area contributed by atoms with Crippen LogP contribution < -0.4 is 5.73 Å². The van der Waals surface area contributed by atoms with Gasteiger partial charge in [0.25, 0.3) is 0 Å². The zero-order chi connectivity index (χ0) is 8.55. The van der Waals surface area contributed by atoms with E-state index in [-0.39, 0.29) is 17.2 Å². The fraction of sp³-hybridized carbons (Fsp3) is 0. The first-order valence-electron chi connectivity index (χ1n) is 3.11. The summed E-state index contributed by atoms with van der Waals surface area (Å²) in [5, 5.41) is 12.8. The van der Waals surface area contributed by atoms with Crippen molar-refractivity contribution in [3.05, 3.63) is 18.0 Å². The van der Waals surface area contributed by atoms with Gasteiger partial charge in [-0.15, -0.1) is 10.2 Å². The Morgan fingerprint density at radius 3 is 2.75 bits per heavy atom. The number of carbonyl (C=O) groups is 1. The number of azo groups is 1. The molecule has 0 bridgehead atoms. The predicted octanol–water partition coefficient (Wildman–Crippen LogP) is -0.576. The van der Waals surface area contributed by atoms with Crippen molar-refractivity contribution in [2.24, 2.45) is 16.0 Å². The lowest BCUT2D eigenvalue weighted by atomic mass is 10.2. The molecule has 1 aliphatic heterocycles. The van der Waals surface area contributed by atoms with Crippen LogP contribution in [0.25, 0.3) is 5.57 Å². The number of aromatic nitrogens is 3. The lowest BCUT2D eigenvalue weighted by molar-refractivity contribution is -0.112. The third kappa shape index (κ3) is 0.797. The molecule has 0 atom stereocenters. The Morgan fingerprint density at radius 2 is 2.25 bits per heavy atom. The minimum atomic E-state index is -0.507. The third-order valence-corrected chi connectivity index (χ3v) is 1.36. The van der Waals surface area contributed by atoms with Crippen LogP contribution in [0, 0.1) is 0 Å². The number of nitrogens with two attached hydrogens (primary N) is 1. The summed E-state index contributed by atoms with van der Waals surface area (Å²) < 4.78 is 0. The minimum absolute atomic E-state index is 0.0552. The van der Waals surface area contributed by atoms with Crippen molar-refractivity contribution >= 4 is 11.5 Å². The summed E-state index contributed by atoms with van der Waals surface area (Å²) in [6.45, 7) is 0. The van der Waals surface area contributed by atoms with Crippen LogP contribution in [-0.2, 0) is 4.79 Å². The van der Waals surface area contributed by atoms with Gasteiger partial charge >= 0.3 is 5.91 Å².